The molecule has 0 fully saturated rings. The fourth-order valence-corrected chi connectivity index (χ4v) is 4.28. The number of hydrogen-bond acceptors (Lipinski definition) is 4. The lowest BCUT2D eigenvalue weighted by Gasteiger charge is -1.98. The average Bonchev–Trinajstić information content (AvgIpc) is 3.03. The van der Waals surface area contributed by atoms with Crippen LogP contribution in [-0.2, 0) is 14.1 Å². The number of methoxy groups -OCH3 is 2. The van der Waals surface area contributed by atoms with Gasteiger partial charge in [0.25, 0.3) is 7.40 Å². The summed E-state index contributed by atoms with van der Waals surface area (Å²) in [5, 5.41) is 8.97. The maximum atomic E-state index is 5.38. The molecule has 0 N–H and O–H groups in total. The van der Waals surface area contributed by atoms with Gasteiger partial charge in [0, 0.05) is 51.2 Å². The summed E-state index contributed by atoms with van der Waals surface area (Å²) in [6.45, 7) is 0. The first-order chi connectivity index (χ1) is 11.5. The van der Waals surface area contributed by atoms with Crippen molar-refractivity contribution in [2.75, 3.05) is 14.2 Å². The van der Waals surface area contributed by atoms with E-state index in [1.807, 2.05) is 47.7 Å². The number of hydrogen-bond donors (Lipinski definition) is 0. The molecule has 3 rings (SSSR count). The first-order valence-corrected chi connectivity index (χ1v) is 9.12. The zero-order chi connectivity index (χ0) is 17.4. The Morgan fingerprint density at radius 3 is 1.62 bits per heavy atom. The van der Waals surface area contributed by atoms with Crippen LogP contribution in [0.5, 0.6) is 11.8 Å². The molecule has 0 bridgehead atoms. The Hall–Kier alpha value is -1.44. The van der Waals surface area contributed by atoms with E-state index in [4.69, 9.17) is 9.47 Å². The maximum absolute atomic E-state index is 5.38. The predicted octanol–water partition coefficient (Wildman–Crippen LogP) is 0.933. The van der Waals surface area contributed by atoms with E-state index in [9.17, 15) is 0 Å². The van der Waals surface area contributed by atoms with Crippen molar-refractivity contribution < 1.29 is 18.8 Å². The van der Waals surface area contributed by atoms with Crippen molar-refractivity contribution in [1.82, 2.24) is 19.8 Å². The van der Waals surface area contributed by atoms with Gasteiger partial charge in [0.05, 0.1) is 24.6 Å². The van der Waals surface area contributed by atoms with Crippen LogP contribution in [0.3, 0.4) is 0 Å². The van der Waals surface area contributed by atoms with Gasteiger partial charge in [0.2, 0.25) is 0 Å². The number of benzene rings is 1. The van der Waals surface area contributed by atoms with Crippen molar-refractivity contribution in [3.05, 3.63) is 31.7 Å². The summed E-state index contributed by atoms with van der Waals surface area (Å²) in [4.78, 5) is 0. The topological polar surface area (TPSA) is 61.9 Å². The number of ether oxygens (including phenoxy) is 2. The summed E-state index contributed by atoms with van der Waals surface area (Å²) < 4.78 is 19.6. The number of aryl methyl sites for hydroxylation is 2. The third-order valence-electron chi connectivity index (χ3n) is 3.47. The highest BCUT2D eigenvalue weighted by Crippen LogP contribution is 2.23. The minimum absolute atomic E-state index is 0.711. The predicted molar refractivity (Wildman–Crippen MR) is 102 cm³/mol. The molecule has 0 atom stereocenters. The van der Waals surface area contributed by atoms with Gasteiger partial charge in [0.1, 0.15) is 14.1 Å². The molecule has 2 aromatic heterocycles. The third kappa shape index (κ3) is 2.85. The van der Waals surface area contributed by atoms with E-state index in [0.717, 1.165) is 18.8 Å². The Morgan fingerprint density at radius 1 is 0.875 bits per heavy atom. The highest BCUT2D eigenvalue weighted by Gasteiger charge is 2.27. The molecule has 0 aliphatic rings. The van der Waals surface area contributed by atoms with E-state index in [1.165, 1.54) is 0 Å². The monoisotopic (exact) mass is 554 g/mol. The van der Waals surface area contributed by atoms with E-state index in [-0.39, 0.29) is 0 Å². The van der Waals surface area contributed by atoms with Crippen molar-refractivity contribution >= 4 is 45.2 Å². The van der Waals surface area contributed by atoms with Gasteiger partial charge in [-0.15, -0.1) is 0 Å². The fraction of sp³-hybridized carbons (Fsp3) is 0.286. The van der Waals surface area contributed by atoms with Crippen LogP contribution in [0.15, 0.2) is 24.3 Å². The van der Waals surface area contributed by atoms with Crippen LogP contribution in [0, 0.1) is 7.40 Å². The van der Waals surface area contributed by atoms with E-state index in [0.29, 0.717) is 11.8 Å². The summed E-state index contributed by atoms with van der Waals surface area (Å²) in [7, 11) is 6.97. The highest BCUT2D eigenvalue weighted by atomic mass is 127. The molecule has 0 saturated heterocycles. The van der Waals surface area contributed by atoms with Crippen LogP contribution < -0.4 is 18.8 Å². The molecule has 0 amide bonds. The lowest BCUT2D eigenvalue weighted by Crippen LogP contribution is -2.32. The van der Waals surface area contributed by atoms with Gasteiger partial charge in [-0.25, -0.2) is 0 Å². The Morgan fingerprint density at radius 2 is 1.29 bits per heavy atom. The number of halogens is 2. The van der Waals surface area contributed by atoms with Crippen molar-refractivity contribution in [2.24, 2.45) is 14.1 Å². The molecule has 0 aliphatic carbocycles. The maximum Gasteiger partial charge on any atom is 0.362 e. The molecule has 0 radical (unpaired) electrons. The number of rotatable bonds is 4. The van der Waals surface area contributed by atoms with Crippen LogP contribution in [0.4, 0.5) is 0 Å². The van der Waals surface area contributed by atoms with Gasteiger partial charge in [-0.05, 0) is 12.1 Å². The molecule has 10 heteroatoms. The van der Waals surface area contributed by atoms with Crippen LogP contribution in [-0.4, -0.2) is 34.0 Å². The summed E-state index contributed by atoms with van der Waals surface area (Å²) in [6.07, 6.45) is 0. The molecule has 0 aliphatic heterocycles. The lowest BCUT2D eigenvalue weighted by molar-refractivity contribution is -0.735. The van der Waals surface area contributed by atoms with Crippen molar-refractivity contribution in [1.29, 1.82) is 0 Å². The second kappa shape index (κ2) is 6.82. The molecule has 8 nitrogen and oxygen atoms in total. The zero-order valence-electron chi connectivity index (χ0n) is 13.6. The molecule has 24 heavy (non-hydrogen) atoms. The number of aromatic nitrogens is 6. The minimum Gasteiger partial charge on any atom is -0.461 e. The van der Waals surface area contributed by atoms with Crippen LogP contribution >= 0.6 is 45.2 Å². The molecular formula is C14H16I2N6O2+2. The molecule has 0 spiro atoms. The average molecular weight is 554 g/mol. The van der Waals surface area contributed by atoms with Gasteiger partial charge in [-0.3, -0.25) is 0 Å². The lowest BCUT2D eigenvalue weighted by atomic mass is 10.3. The molecule has 3 aromatic rings. The smallest absolute Gasteiger partial charge is 0.362 e. The Kier molecular flexibility index (Phi) is 4.94. The Balaban J connectivity index is 2.11. The zero-order valence-corrected chi connectivity index (χ0v) is 17.9. The van der Waals surface area contributed by atoms with Crippen LogP contribution in [0.25, 0.3) is 11.4 Å². The van der Waals surface area contributed by atoms with E-state index in [1.54, 1.807) is 23.6 Å². The first kappa shape index (κ1) is 17.4. The SMILES string of the molecule is COc1c(I)n(-c2cccc(-n3n[n+](C)c(OC)c3I)c2)n[n+]1C. The Bertz CT molecular complexity index is 836. The Labute approximate surface area is 166 Å². The van der Waals surface area contributed by atoms with Crippen molar-refractivity contribution in [3.63, 3.8) is 0 Å². The van der Waals surface area contributed by atoms with E-state index >= 15 is 0 Å². The summed E-state index contributed by atoms with van der Waals surface area (Å²) in [5.41, 5.74) is 1.84. The molecule has 0 saturated carbocycles. The molecular weight excluding hydrogens is 538 g/mol. The second-order valence-electron chi connectivity index (χ2n) is 4.97. The third-order valence-corrected chi connectivity index (χ3v) is 5.30. The van der Waals surface area contributed by atoms with Gasteiger partial charge in [-0.2, -0.15) is 0 Å². The highest BCUT2D eigenvalue weighted by molar-refractivity contribution is 14.1. The van der Waals surface area contributed by atoms with Crippen molar-refractivity contribution in [3.8, 4) is 23.1 Å². The largest absolute Gasteiger partial charge is 0.461 e. The van der Waals surface area contributed by atoms with E-state index < -0.39 is 0 Å². The van der Waals surface area contributed by atoms with E-state index in [2.05, 4.69) is 55.6 Å². The van der Waals surface area contributed by atoms with Crippen LogP contribution in [0.1, 0.15) is 0 Å². The van der Waals surface area contributed by atoms with Crippen LogP contribution in [0.2, 0.25) is 0 Å². The minimum atomic E-state index is 0.711. The fourth-order valence-electron chi connectivity index (χ4n) is 2.40. The molecule has 2 heterocycles. The molecule has 1 aromatic carbocycles. The van der Waals surface area contributed by atoms with Gasteiger partial charge >= 0.3 is 11.8 Å². The first-order valence-electron chi connectivity index (χ1n) is 6.96. The van der Waals surface area contributed by atoms with Gasteiger partial charge < -0.3 is 9.47 Å². The number of nitrogens with zero attached hydrogens (tertiary/aromatic N) is 6. The standard InChI is InChI=1S/C14H16I2N6O2/c1-19-13(23-3)11(15)21(17-19)9-6-5-7-10(8-9)22-12(16)14(24-4)20(2)18-22/h5-8H,1-4H3/q+2. The summed E-state index contributed by atoms with van der Waals surface area (Å²) >= 11 is 4.44. The summed E-state index contributed by atoms with van der Waals surface area (Å²) in [5.74, 6) is 1.42. The van der Waals surface area contributed by atoms with Gasteiger partial charge in [0.15, 0.2) is 11.4 Å². The molecule has 126 valence electrons. The quantitative estimate of drug-likeness (QED) is 0.356. The second-order valence-corrected chi connectivity index (χ2v) is 7.01. The van der Waals surface area contributed by atoms with Crippen molar-refractivity contribution in [2.45, 2.75) is 0 Å². The molecule has 0 unspecified atom stereocenters. The van der Waals surface area contributed by atoms with Gasteiger partial charge in [-0.1, -0.05) is 24.8 Å². The summed E-state index contributed by atoms with van der Waals surface area (Å²) in [6, 6.07) is 7.97. The normalized spacial score (nSPS) is 10.9.